The molecule has 2 unspecified atom stereocenters. The molecule has 7 heteroatoms. The van der Waals surface area contributed by atoms with E-state index in [-0.39, 0.29) is 41.6 Å². The van der Waals surface area contributed by atoms with Gasteiger partial charge in [-0.1, -0.05) is 13.8 Å². The smallest absolute Gasteiger partial charge is 0.550 e. The van der Waals surface area contributed by atoms with Crippen molar-refractivity contribution in [1.82, 2.24) is 0 Å². The van der Waals surface area contributed by atoms with E-state index in [9.17, 15) is 14.7 Å². The summed E-state index contributed by atoms with van der Waals surface area (Å²) in [7, 11) is 1.53. The average molecular weight is 343 g/mol. The normalized spacial score (nSPS) is 20.8. The third kappa shape index (κ3) is 4.23. The molecule has 2 rings (SSSR count). The first-order valence-corrected chi connectivity index (χ1v) is 7.55. The molecule has 1 fully saturated rings. The van der Waals surface area contributed by atoms with Crippen LogP contribution in [0, 0.1) is 17.3 Å². The minimum atomic E-state index is -1.19. The van der Waals surface area contributed by atoms with Crippen molar-refractivity contribution in [2.75, 3.05) is 12.4 Å². The number of ether oxygens (including phenoxy) is 2. The number of benzene rings is 1. The summed E-state index contributed by atoms with van der Waals surface area (Å²) in [5.74, 6) is -1.86. The van der Waals surface area contributed by atoms with E-state index in [0.29, 0.717) is 17.2 Å². The van der Waals surface area contributed by atoms with E-state index in [1.165, 1.54) is 7.11 Å². The fraction of sp³-hybridized carbons (Fsp3) is 0.529. The van der Waals surface area contributed by atoms with Crippen molar-refractivity contribution in [3.05, 3.63) is 18.2 Å². The summed E-state index contributed by atoms with van der Waals surface area (Å²) in [5, 5.41) is 13.9. The molecule has 1 amide bonds. The van der Waals surface area contributed by atoms with Crippen molar-refractivity contribution >= 4 is 17.6 Å². The molecule has 0 heterocycles. The first-order chi connectivity index (χ1) is 10.7. The molecule has 1 aromatic carbocycles. The molecule has 0 bridgehead atoms. The number of carbonyl (C=O) groups excluding carboxylic acids is 2. The van der Waals surface area contributed by atoms with Crippen LogP contribution in [0.2, 0.25) is 0 Å². The van der Waals surface area contributed by atoms with Crippen LogP contribution in [0.15, 0.2) is 18.2 Å². The van der Waals surface area contributed by atoms with Gasteiger partial charge in [0, 0.05) is 18.0 Å². The van der Waals surface area contributed by atoms with Gasteiger partial charge in [-0.3, -0.25) is 4.79 Å². The number of nitrogens with one attached hydrogen (secondary N) is 1. The second kappa shape index (κ2) is 7.76. The molecule has 0 spiro atoms. The first-order valence-electron chi connectivity index (χ1n) is 7.55. The summed E-state index contributed by atoms with van der Waals surface area (Å²) in [6, 6.07) is 5.10. The number of hydrogen-bond acceptors (Lipinski definition) is 5. The zero-order chi connectivity index (χ0) is 17.4. The van der Waals surface area contributed by atoms with E-state index in [1.807, 2.05) is 13.8 Å². The Balaban J connectivity index is 0.00000288. The number of methoxy groups -OCH3 is 1. The molecule has 2 atom stereocenters. The van der Waals surface area contributed by atoms with E-state index in [0.717, 1.165) is 0 Å². The van der Waals surface area contributed by atoms with Crippen LogP contribution < -0.4 is 49.5 Å². The van der Waals surface area contributed by atoms with Crippen molar-refractivity contribution < 1.29 is 53.7 Å². The Labute approximate surface area is 164 Å². The van der Waals surface area contributed by atoms with E-state index in [1.54, 1.807) is 32.0 Å². The minimum Gasteiger partial charge on any atom is -0.550 e. The van der Waals surface area contributed by atoms with Crippen LogP contribution in [0.1, 0.15) is 27.7 Å². The molecule has 0 aliphatic heterocycles. The predicted octanol–water partition coefficient (Wildman–Crippen LogP) is -1.55. The molecule has 24 heavy (non-hydrogen) atoms. The molecule has 1 aromatic rings. The fourth-order valence-electron chi connectivity index (χ4n) is 2.87. The van der Waals surface area contributed by atoms with Crippen molar-refractivity contribution in [2.45, 2.75) is 33.8 Å². The number of amides is 1. The SMILES string of the molecule is COc1ccc(OC(C)C)c(NC(=O)C2C(C(=O)[O-])C2(C)C)c1.[Na+]. The minimum absolute atomic E-state index is 0. The maximum absolute atomic E-state index is 12.4. The van der Waals surface area contributed by atoms with Gasteiger partial charge in [-0.05, 0) is 31.4 Å². The number of aliphatic carboxylic acids is 1. The van der Waals surface area contributed by atoms with Gasteiger partial charge in [0.2, 0.25) is 5.91 Å². The second-order valence-electron chi connectivity index (χ2n) is 6.61. The van der Waals surface area contributed by atoms with Crippen LogP contribution in [0.5, 0.6) is 11.5 Å². The van der Waals surface area contributed by atoms with E-state index >= 15 is 0 Å². The van der Waals surface area contributed by atoms with Gasteiger partial charge in [-0.2, -0.15) is 0 Å². The van der Waals surface area contributed by atoms with Crippen LogP contribution in [-0.2, 0) is 9.59 Å². The molecule has 0 aromatic heterocycles. The summed E-state index contributed by atoms with van der Waals surface area (Å²) >= 11 is 0. The molecule has 1 N–H and O–H groups in total. The van der Waals surface area contributed by atoms with Crippen molar-refractivity contribution in [3.8, 4) is 11.5 Å². The Morgan fingerprint density at radius 2 is 1.88 bits per heavy atom. The molecule has 126 valence electrons. The van der Waals surface area contributed by atoms with Gasteiger partial charge in [0.05, 0.1) is 24.8 Å². The summed E-state index contributed by atoms with van der Waals surface area (Å²) in [5.41, 5.74) is -0.149. The van der Waals surface area contributed by atoms with Crippen LogP contribution in [0.3, 0.4) is 0 Å². The number of anilines is 1. The number of carbonyl (C=O) groups is 2. The summed E-state index contributed by atoms with van der Waals surface area (Å²) < 4.78 is 10.8. The Hall–Kier alpha value is -1.24. The molecule has 1 saturated carbocycles. The zero-order valence-corrected chi connectivity index (χ0v) is 17.0. The average Bonchev–Trinajstić information content (AvgIpc) is 3.03. The zero-order valence-electron chi connectivity index (χ0n) is 15.0. The van der Waals surface area contributed by atoms with Gasteiger partial charge in [-0.25, -0.2) is 0 Å². The molecule has 6 nitrogen and oxygen atoms in total. The Morgan fingerprint density at radius 3 is 2.33 bits per heavy atom. The topological polar surface area (TPSA) is 87.7 Å². The summed E-state index contributed by atoms with van der Waals surface area (Å²) in [4.78, 5) is 23.6. The van der Waals surface area contributed by atoms with Gasteiger partial charge >= 0.3 is 29.6 Å². The molecular formula is C17H22NNaO5. The number of rotatable bonds is 6. The number of carboxylic acid groups (broad SMARTS) is 1. The number of hydrogen-bond donors (Lipinski definition) is 1. The maximum atomic E-state index is 12.4. The number of carboxylic acids is 1. The molecule has 0 radical (unpaired) electrons. The van der Waals surface area contributed by atoms with E-state index in [2.05, 4.69) is 5.32 Å². The van der Waals surface area contributed by atoms with Gasteiger partial charge in [0.1, 0.15) is 11.5 Å². The monoisotopic (exact) mass is 343 g/mol. The van der Waals surface area contributed by atoms with Crippen LogP contribution >= 0.6 is 0 Å². The largest absolute Gasteiger partial charge is 1.00 e. The third-order valence-corrected chi connectivity index (χ3v) is 4.17. The second-order valence-corrected chi connectivity index (χ2v) is 6.61. The van der Waals surface area contributed by atoms with Gasteiger partial charge in [-0.15, -0.1) is 0 Å². The van der Waals surface area contributed by atoms with E-state index < -0.39 is 23.2 Å². The fourth-order valence-corrected chi connectivity index (χ4v) is 2.87. The van der Waals surface area contributed by atoms with Crippen LogP contribution in [0.4, 0.5) is 5.69 Å². The molecule has 1 aliphatic rings. The standard InChI is InChI=1S/C17H23NO5.Na/c1-9(2)23-12-7-6-10(22-5)8-11(12)18-15(19)13-14(16(20)21)17(13,3)4;/h6-9,13-14H,1-5H3,(H,18,19)(H,20,21);/q;+1/p-1. The van der Waals surface area contributed by atoms with Crippen molar-refractivity contribution in [1.29, 1.82) is 0 Å². The maximum Gasteiger partial charge on any atom is 1.00 e. The quantitative estimate of drug-likeness (QED) is 0.632. The predicted molar refractivity (Wildman–Crippen MR) is 83.2 cm³/mol. The van der Waals surface area contributed by atoms with Gasteiger partial charge in [0.25, 0.3) is 0 Å². The Kier molecular flexibility index (Phi) is 6.73. The van der Waals surface area contributed by atoms with E-state index in [4.69, 9.17) is 9.47 Å². The Bertz CT molecular complexity index is 629. The summed E-state index contributed by atoms with van der Waals surface area (Å²) in [6.45, 7) is 7.25. The first kappa shape index (κ1) is 20.8. The van der Waals surface area contributed by atoms with Crippen molar-refractivity contribution in [3.63, 3.8) is 0 Å². The summed E-state index contributed by atoms with van der Waals surface area (Å²) in [6.07, 6.45) is -0.0626. The molecular weight excluding hydrogens is 321 g/mol. The van der Waals surface area contributed by atoms with Crippen LogP contribution in [-0.4, -0.2) is 25.1 Å². The van der Waals surface area contributed by atoms with Gasteiger partial charge < -0.3 is 24.7 Å². The van der Waals surface area contributed by atoms with Gasteiger partial charge in [0.15, 0.2) is 0 Å². The van der Waals surface area contributed by atoms with Crippen molar-refractivity contribution in [2.24, 2.45) is 17.3 Å². The molecule has 0 saturated heterocycles. The third-order valence-electron chi connectivity index (χ3n) is 4.17. The Morgan fingerprint density at radius 1 is 1.25 bits per heavy atom. The van der Waals surface area contributed by atoms with Crippen LogP contribution in [0.25, 0.3) is 0 Å². The molecule has 1 aliphatic carbocycles.